The van der Waals surface area contributed by atoms with Crippen molar-refractivity contribution in [1.29, 1.82) is 0 Å². The standard InChI is InChI=1S/C35H50O16/c36-16-34(44)18-47-32(29(34)42)46-15-25-26(40)27(41)28(51-33-30(43)35(45,17-37)19-48-33)31(50-25)49-24(14-9-21-7-12-23(39)13-8-21)4-2-1-3-20-5-10-22(38)11-6-20/h5-8,10-13,24-33,36-45H,1-4,9,14-19H2/t24-,25+,26+,27-,28+,29-,30-,31+,32-,33+,34+,35+/m0/s1. The first kappa shape index (κ1) is 39.7. The molecule has 51 heavy (non-hydrogen) atoms. The second kappa shape index (κ2) is 17.5. The molecule has 12 atom stereocenters. The van der Waals surface area contributed by atoms with Gasteiger partial charge in [-0.2, -0.15) is 0 Å². The molecule has 16 nitrogen and oxygen atoms in total. The van der Waals surface area contributed by atoms with Gasteiger partial charge in [0.25, 0.3) is 0 Å². The van der Waals surface area contributed by atoms with E-state index in [-0.39, 0.29) is 11.5 Å². The molecule has 2 aromatic rings. The molecule has 3 fully saturated rings. The number of ether oxygens (including phenoxy) is 6. The molecule has 16 heteroatoms. The number of aliphatic hydroxyl groups is 8. The Morgan fingerprint density at radius 2 is 1.24 bits per heavy atom. The maximum atomic E-state index is 11.3. The van der Waals surface area contributed by atoms with Crippen LogP contribution in [0.2, 0.25) is 0 Å². The van der Waals surface area contributed by atoms with Gasteiger partial charge in [0.1, 0.15) is 59.3 Å². The SMILES string of the molecule is OC[C@@]1(O)CO[C@H](OC[C@H]2O[C@@H](O[C@@H](CCCCc3ccc(O)cc3)CCc3ccc(O)cc3)[C@H](O[C@H]3OC[C@](O)(CO)[C@H]3O)[C@@H](O)[C@@H]2O)[C@@H]1O. The van der Waals surface area contributed by atoms with E-state index in [1.54, 1.807) is 36.4 Å². The molecule has 0 aromatic heterocycles. The zero-order chi connectivity index (χ0) is 36.8. The predicted molar refractivity (Wildman–Crippen MR) is 174 cm³/mol. The molecule has 10 N–H and O–H groups in total. The number of unbranched alkanes of at least 4 members (excludes halogenated alkanes) is 1. The van der Waals surface area contributed by atoms with Crippen LogP contribution in [0.3, 0.4) is 0 Å². The molecule has 3 heterocycles. The van der Waals surface area contributed by atoms with Gasteiger partial charge in [-0.1, -0.05) is 30.7 Å². The topological polar surface area (TPSA) is 258 Å². The average molecular weight is 727 g/mol. The fourth-order valence-electron chi connectivity index (χ4n) is 6.31. The van der Waals surface area contributed by atoms with E-state index in [1.807, 2.05) is 12.1 Å². The summed E-state index contributed by atoms with van der Waals surface area (Å²) in [5.74, 6) is 0.301. The van der Waals surface area contributed by atoms with Crippen molar-refractivity contribution < 1.29 is 79.5 Å². The van der Waals surface area contributed by atoms with Gasteiger partial charge in [-0.15, -0.1) is 0 Å². The lowest BCUT2D eigenvalue weighted by Crippen LogP contribution is -2.62. The van der Waals surface area contributed by atoms with Crippen LogP contribution in [0.4, 0.5) is 0 Å². The third-order valence-electron chi connectivity index (χ3n) is 9.72. The minimum atomic E-state index is -2.03. The number of phenolic OH excluding ortho intramolecular Hbond substituents is 2. The van der Waals surface area contributed by atoms with Crippen molar-refractivity contribution in [3.05, 3.63) is 59.7 Å². The van der Waals surface area contributed by atoms with Gasteiger partial charge in [0.05, 0.1) is 39.1 Å². The highest BCUT2D eigenvalue weighted by molar-refractivity contribution is 5.26. The molecule has 2 aromatic carbocycles. The van der Waals surface area contributed by atoms with Crippen molar-refractivity contribution in [2.45, 2.75) is 111 Å². The van der Waals surface area contributed by atoms with Crippen LogP contribution in [-0.4, -0.2) is 157 Å². The van der Waals surface area contributed by atoms with Gasteiger partial charge in [-0.3, -0.25) is 0 Å². The molecule has 0 radical (unpaired) electrons. The van der Waals surface area contributed by atoms with Gasteiger partial charge in [0.15, 0.2) is 18.9 Å². The van der Waals surface area contributed by atoms with E-state index in [2.05, 4.69) is 0 Å². The molecule has 3 aliphatic rings. The van der Waals surface area contributed by atoms with E-state index in [9.17, 15) is 51.1 Å². The minimum Gasteiger partial charge on any atom is -0.508 e. The Bertz CT molecular complexity index is 1350. The van der Waals surface area contributed by atoms with E-state index < -0.39 is 106 Å². The van der Waals surface area contributed by atoms with Crippen LogP contribution in [0.1, 0.15) is 36.8 Å². The smallest absolute Gasteiger partial charge is 0.187 e. The van der Waals surface area contributed by atoms with Crippen LogP contribution < -0.4 is 0 Å². The summed E-state index contributed by atoms with van der Waals surface area (Å²) in [7, 11) is 0. The quantitative estimate of drug-likeness (QED) is 0.0838. The second-order valence-corrected chi connectivity index (χ2v) is 13.6. The number of aryl methyl sites for hydroxylation is 2. The van der Waals surface area contributed by atoms with Crippen LogP contribution in [0.25, 0.3) is 0 Å². The zero-order valence-electron chi connectivity index (χ0n) is 28.1. The highest BCUT2D eigenvalue weighted by Gasteiger charge is 2.54. The molecule has 0 aliphatic carbocycles. The zero-order valence-corrected chi connectivity index (χ0v) is 28.1. The van der Waals surface area contributed by atoms with Crippen molar-refractivity contribution >= 4 is 0 Å². The first-order chi connectivity index (χ1) is 24.4. The Morgan fingerprint density at radius 1 is 0.686 bits per heavy atom. The number of hydrogen-bond donors (Lipinski definition) is 10. The highest BCUT2D eigenvalue weighted by Crippen LogP contribution is 2.34. The van der Waals surface area contributed by atoms with Crippen molar-refractivity contribution in [3.8, 4) is 11.5 Å². The lowest BCUT2D eigenvalue weighted by Gasteiger charge is -2.44. The Hall–Kier alpha value is -2.52. The molecular formula is C35H50O16. The number of benzene rings is 2. The van der Waals surface area contributed by atoms with E-state index in [4.69, 9.17) is 28.4 Å². The second-order valence-electron chi connectivity index (χ2n) is 13.6. The molecule has 0 unspecified atom stereocenters. The summed E-state index contributed by atoms with van der Waals surface area (Å²) in [6.45, 7) is -2.95. The average Bonchev–Trinajstić information content (AvgIpc) is 3.58. The molecule has 0 bridgehead atoms. The molecule has 5 rings (SSSR count). The maximum absolute atomic E-state index is 11.3. The van der Waals surface area contributed by atoms with E-state index >= 15 is 0 Å². The summed E-state index contributed by atoms with van der Waals surface area (Å²) >= 11 is 0. The summed E-state index contributed by atoms with van der Waals surface area (Å²) in [4.78, 5) is 0. The van der Waals surface area contributed by atoms with E-state index in [0.29, 0.717) is 25.7 Å². The molecule has 0 amide bonds. The van der Waals surface area contributed by atoms with Gasteiger partial charge in [-0.25, -0.2) is 0 Å². The fourth-order valence-corrected chi connectivity index (χ4v) is 6.31. The van der Waals surface area contributed by atoms with Gasteiger partial charge >= 0.3 is 0 Å². The maximum Gasteiger partial charge on any atom is 0.187 e. The number of aliphatic hydroxyl groups excluding tert-OH is 6. The highest BCUT2D eigenvalue weighted by atomic mass is 16.8. The van der Waals surface area contributed by atoms with Gasteiger partial charge in [0, 0.05) is 0 Å². The Balaban J connectivity index is 1.32. The molecule has 3 saturated heterocycles. The minimum absolute atomic E-state index is 0.123. The van der Waals surface area contributed by atoms with Crippen LogP contribution in [0.15, 0.2) is 48.5 Å². The lowest BCUT2D eigenvalue weighted by molar-refractivity contribution is -0.348. The number of aromatic hydroxyl groups is 2. The van der Waals surface area contributed by atoms with Crippen molar-refractivity contribution in [2.24, 2.45) is 0 Å². The summed E-state index contributed by atoms with van der Waals surface area (Å²) < 4.78 is 34.8. The van der Waals surface area contributed by atoms with Crippen molar-refractivity contribution in [2.75, 3.05) is 33.0 Å². The van der Waals surface area contributed by atoms with Crippen LogP contribution in [0, 0.1) is 0 Å². The van der Waals surface area contributed by atoms with Gasteiger partial charge in [0.2, 0.25) is 0 Å². The fraction of sp³-hybridized carbons (Fsp3) is 0.657. The Labute approximate surface area is 294 Å². The largest absolute Gasteiger partial charge is 0.508 e. The lowest BCUT2D eigenvalue weighted by atomic mass is 9.97. The van der Waals surface area contributed by atoms with Crippen LogP contribution >= 0.6 is 0 Å². The first-order valence-electron chi connectivity index (χ1n) is 17.1. The number of phenols is 2. The number of rotatable bonds is 17. The van der Waals surface area contributed by atoms with E-state index in [0.717, 1.165) is 24.0 Å². The molecule has 286 valence electrons. The Morgan fingerprint density at radius 3 is 1.80 bits per heavy atom. The first-order valence-corrected chi connectivity index (χ1v) is 17.1. The normalized spacial score (nSPS) is 36.0. The van der Waals surface area contributed by atoms with Gasteiger partial charge in [-0.05, 0) is 67.5 Å². The molecular weight excluding hydrogens is 676 g/mol. The van der Waals surface area contributed by atoms with Crippen molar-refractivity contribution in [3.63, 3.8) is 0 Å². The monoisotopic (exact) mass is 726 g/mol. The molecule has 3 aliphatic heterocycles. The summed E-state index contributed by atoms with van der Waals surface area (Å²) in [6, 6.07) is 13.7. The van der Waals surface area contributed by atoms with Crippen LogP contribution in [0.5, 0.6) is 11.5 Å². The molecule has 0 saturated carbocycles. The third-order valence-corrected chi connectivity index (χ3v) is 9.72. The van der Waals surface area contributed by atoms with E-state index in [1.165, 1.54) is 0 Å². The van der Waals surface area contributed by atoms with Crippen LogP contribution in [-0.2, 0) is 41.3 Å². The summed E-state index contributed by atoms with van der Waals surface area (Å²) in [5, 5.41) is 103. The molecule has 0 spiro atoms. The van der Waals surface area contributed by atoms with Gasteiger partial charge < -0.3 is 79.5 Å². The predicted octanol–water partition coefficient (Wildman–Crippen LogP) is -1.44. The summed E-state index contributed by atoms with van der Waals surface area (Å²) in [6.07, 6.45) is -10.5. The number of hydrogen-bond acceptors (Lipinski definition) is 16. The summed E-state index contributed by atoms with van der Waals surface area (Å²) in [5.41, 5.74) is -2.01. The van der Waals surface area contributed by atoms with Crippen molar-refractivity contribution in [1.82, 2.24) is 0 Å². The third kappa shape index (κ3) is 9.73. The Kier molecular flexibility index (Phi) is 13.6.